The molecule has 2 aromatic heterocycles. The van der Waals surface area contributed by atoms with Gasteiger partial charge in [0.2, 0.25) is 0 Å². The molecule has 9 heteroatoms. The fourth-order valence-corrected chi connectivity index (χ4v) is 2.89. The third-order valence-electron chi connectivity index (χ3n) is 4.25. The Hall–Kier alpha value is -3.10. The summed E-state index contributed by atoms with van der Waals surface area (Å²) in [6, 6.07) is 5.17. The van der Waals surface area contributed by atoms with Crippen LogP contribution in [0.15, 0.2) is 28.9 Å². The number of likely N-dealkylation sites (tertiary alicyclic amines) is 1. The average molecular weight is 373 g/mol. The molecular formula is C18H23N5O4. The molecule has 1 saturated heterocycles. The first-order valence-corrected chi connectivity index (χ1v) is 8.94. The van der Waals surface area contributed by atoms with Crippen LogP contribution in [0.1, 0.15) is 36.0 Å². The number of carbonyl (C=O) groups is 2. The molecule has 2 amide bonds. The first kappa shape index (κ1) is 18.7. The van der Waals surface area contributed by atoms with Crippen molar-refractivity contribution in [3.63, 3.8) is 0 Å². The van der Waals surface area contributed by atoms with E-state index in [2.05, 4.69) is 20.8 Å². The zero-order valence-corrected chi connectivity index (χ0v) is 15.4. The summed E-state index contributed by atoms with van der Waals surface area (Å²) in [5.74, 6) is 1.01. The smallest absolute Gasteiger partial charge is 0.409 e. The van der Waals surface area contributed by atoms with Gasteiger partial charge in [-0.2, -0.15) is 0 Å². The normalized spacial score (nSPS) is 14.7. The van der Waals surface area contributed by atoms with E-state index < -0.39 is 0 Å². The molecule has 27 heavy (non-hydrogen) atoms. The first-order valence-electron chi connectivity index (χ1n) is 8.94. The van der Waals surface area contributed by atoms with Crippen LogP contribution >= 0.6 is 0 Å². The molecule has 0 spiro atoms. The second kappa shape index (κ2) is 8.52. The number of piperidine rings is 1. The molecule has 2 N–H and O–H groups in total. The lowest BCUT2D eigenvalue weighted by molar-refractivity contribution is 0.0856. The van der Waals surface area contributed by atoms with Crippen LogP contribution in [0.4, 0.5) is 16.3 Å². The van der Waals surface area contributed by atoms with Crippen molar-refractivity contribution in [3.8, 4) is 0 Å². The first-order chi connectivity index (χ1) is 13.0. The summed E-state index contributed by atoms with van der Waals surface area (Å²) < 4.78 is 10.0. The van der Waals surface area contributed by atoms with Crippen LogP contribution in [0, 0.1) is 6.92 Å². The molecule has 2 aromatic rings. The molecule has 1 aliphatic heterocycles. The molecule has 3 rings (SSSR count). The monoisotopic (exact) mass is 373 g/mol. The predicted molar refractivity (Wildman–Crippen MR) is 97.8 cm³/mol. The number of ether oxygens (including phenoxy) is 1. The number of aromatic nitrogens is 2. The van der Waals surface area contributed by atoms with E-state index in [-0.39, 0.29) is 18.0 Å². The molecule has 3 heterocycles. The van der Waals surface area contributed by atoms with E-state index >= 15 is 0 Å². The fraction of sp³-hybridized carbons (Fsp3) is 0.444. The number of rotatable bonds is 5. The SMILES string of the molecule is CCOC(=O)N1CCC(NC(=O)c2cc(Nc3cc(C)on3)ccn2)CC1. The highest BCUT2D eigenvalue weighted by Gasteiger charge is 2.25. The molecule has 1 aliphatic rings. The molecule has 0 saturated carbocycles. The summed E-state index contributed by atoms with van der Waals surface area (Å²) in [6.45, 7) is 5.07. The molecule has 0 aromatic carbocycles. The van der Waals surface area contributed by atoms with Gasteiger partial charge >= 0.3 is 6.09 Å². The van der Waals surface area contributed by atoms with Gasteiger partial charge in [-0.15, -0.1) is 0 Å². The van der Waals surface area contributed by atoms with Crippen molar-refractivity contribution in [3.05, 3.63) is 35.9 Å². The zero-order valence-electron chi connectivity index (χ0n) is 15.4. The number of hydrogen-bond donors (Lipinski definition) is 2. The molecule has 0 unspecified atom stereocenters. The van der Waals surface area contributed by atoms with Crippen LogP contribution in [-0.2, 0) is 4.74 Å². The zero-order chi connectivity index (χ0) is 19.2. The summed E-state index contributed by atoms with van der Waals surface area (Å²) in [4.78, 5) is 30.0. The maximum absolute atomic E-state index is 12.5. The summed E-state index contributed by atoms with van der Waals surface area (Å²) in [6.07, 6.45) is 2.63. The lowest BCUT2D eigenvalue weighted by Crippen LogP contribution is -2.46. The van der Waals surface area contributed by atoms with E-state index in [0.29, 0.717) is 55.5 Å². The van der Waals surface area contributed by atoms with Gasteiger partial charge in [0, 0.05) is 37.1 Å². The highest BCUT2D eigenvalue weighted by atomic mass is 16.6. The predicted octanol–water partition coefficient (Wildman–Crippen LogP) is 2.47. The van der Waals surface area contributed by atoms with Gasteiger partial charge in [0.15, 0.2) is 5.82 Å². The third kappa shape index (κ3) is 4.96. The Balaban J connectivity index is 1.54. The number of pyridine rings is 1. The van der Waals surface area contributed by atoms with Crippen LogP contribution in [0.25, 0.3) is 0 Å². The van der Waals surface area contributed by atoms with Crippen LogP contribution in [0.2, 0.25) is 0 Å². The maximum Gasteiger partial charge on any atom is 0.409 e. The van der Waals surface area contributed by atoms with E-state index in [1.807, 2.05) is 0 Å². The Bertz CT molecular complexity index is 799. The van der Waals surface area contributed by atoms with Crippen LogP contribution in [0.3, 0.4) is 0 Å². The van der Waals surface area contributed by atoms with Gasteiger partial charge in [-0.05, 0) is 38.8 Å². The highest BCUT2D eigenvalue weighted by Crippen LogP contribution is 2.17. The van der Waals surface area contributed by atoms with Gasteiger partial charge in [-0.1, -0.05) is 5.16 Å². The third-order valence-corrected chi connectivity index (χ3v) is 4.25. The summed E-state index contributed by atoms with van der Waals surface area (Å²) in [5, 5.41) is 9.91. The minimum absolute atomic E-state index is 0.000202. The Kier molecular flexibility index (Phi) is 5.90. The second-order valence-electron chi connectivity index (χ2n) is 6.31. The van der Waals surface area contributed by atoms with Gasteiger partial charge < -0.3 is 24.8 Å². The standard InChI is InChI=1S/C18H23N5O4/c1-3-26-18(25)23-8-5-13(6-9-23)21-17(24)15-11-14(4-7-19-15)20-16-10-12(2)27-22-16/h4,7,10-11,13H,3,5-6,8-9H2,1-2H3,(H,21,24)(H,19,20,22). The molecule has 0 radical (unpaired) electrons. The Morgan fingerprint density at radius 3 is 2.78 bits per heavy atom. The highest BCUT2D eigenvalue weighted by molar-refractivity contribution is 5.93. The van der Waals surface area contributed by atoms with Crippen LogP contribution in [-0.4, -0.2) is 52.8 Å². The lowest BCUT2D eigenvalue weighted by atomic mass is 10.1. The van der Waals surface area contributed by atoms with Gasteiger partial charge in [0.1, 0.15) is 11.5 Å². The number of aryl methyl sites for hydroxylation is 1. The molecule has 0 atom stereocenters. The number of nitrogens with zero attached hydrogens (tertiary/aromatic N) is 3. The van der Waals surface area contributed by atoms with Crippen molar-refractivity contribution < 1.29 is 18.8 Å². The quantitative estimate of drug-likeness (QED) is 0.828. The number of carbonyl (C=O) groups excluding carboxylic acids is 2. The molecular weight excluding hydrogens is 350 g/mol. The lowest BCUT2D eigenvalue weighted by Gasteiger charge is -2.31. The van der Waals surface area contributed by atoms with Gasteiger partial charge in [0.25, 0.3) is 5.91 Å². The molecule has 0 aliphatic carbocycles. The van der Waals surface area contributed by atoms with E-state index in [1.165, 1.54) is 0 Å². The van der Waals surface area contributed by atoms with Crippen molar-refractivity contribution in [1.82, 2.24) is 20.4 Å². The number of anilines is 2. The van der Waals surface area contributed by atoms with Gasteiger partial charge in [-0.25, -0.2) is 4.79 Å². The number of nitrogens with one attached hydrogen (secondary N) is 2. The molecule has 1 fully saturated rings. The molecule has 144 valence electrons. The van der Waals surface area contributed by atoms with Gasteiger partial charge in [0.05, 0.1) is 6.61 Å². The Labute approximate surface area is 157 Å². The Morgan fingerprint density at radius 2 is 2.11 bits per heavy atom. The minimum Gasteiger partial charge on any atom is -0.450 e. The van der Waals surface area contributed by atoms with E-state index in [9.17, 15) is 9.59 Å². The van der Waals surface area contributed by atoms with Crippen molar-refractivity contribution in [2.24, 2.45) is 0 Å². The Morgan fingerprint density at radius 1 is 1.33 bits per heavy atom. The molecule has 9 nitrogen and oxygen atoms in total. The fourth-order valence-electron chi connectivity index (χ4n) is 2.89. The second-order valence-corrected chi connectivity index (χ2v) is 6.31. The van der Waals surface area contributed by atoms with Crippen molar-refractivity contribution in [1.29, 1.82) is 0 Å². The van der Waals surface area contributed by atoms with Crippen LogP contribution in [0.5, 0.6) is 0 Å². The number of amides is 2. The van der Waals surface area contributed by atoms with Crippen molar-refractivity contribution in [2.75, 3.05) is 25.0 Å². The van der Waals surface area contributed by atoms with Crippen LogP contribution < -0.4 is 10.6 Å². The van der Waals surface area contributed by atoms with E-state index in [4.69, 9.17) is 9.26 Å². The van der Waals surface area contributed by atoms with E-state index in [1.54, 1.807) is 43.1 Å². The summed E-state index contributed by atoms with van der Waals surface area (Å²) in [7, 11) is 0. The minimum atomic E-state index is -0.300. The number of hydrogen-bond acceptors (Lipinski definition) is 7. The van der Waals surface area contributed by atoms with Crippen molar-refractivity contribution >= 4 is 23.5 Å². The molecule has 0 bridgehead atoms. The van der Waals surface area contributed by atoms with Gasteiger partial charge in [-0.3, -0.25) is 9.78 Å². The van der Waals surface area contributed by atoms with E-state index in [0.717, 1.165) is 0 Å². The summed E-state index contributed by atoms with van der Waals surface area (Å²) >= 11 is 0. The summed E-state index contributed by atoms with van der Waals surface area (Å²) in [5.41, 5.74) is 1.01. The largest absolute Gasteiger partial charge is 0.450 e. The topological polar surface area (TPSA) is 110 Å². The average Bonchev–Trinajstić information content (AvgIpc) is 3.07. The maximum atomic E-state index is 12.5. The van der Waals surface area contributed by atoms with Crippen molar-refractivity contribution in [2.45, 2.75) is 32.7 Å².